The van der Waals surface area contributed by atoms with Crippen LogP contribution in [0, 0.1) is 0 Å². The lowest BCUT2D eigenvalue weighted by atomic mass is 10.0. The van der Waals surface area contributed by atoms with E-state index < -0.39 is 32.5 Å². The van der Waals surface area contributed by atoms with E-state index >= 15 is 0 Å². The first-order valence-electron chi connectivity index (χ1n) is 27.1. The number of likely N-dealkylation sites (N-methyl/N-ethyl adjacent to an activating group) is 1. The predicted molar refractivity (Wildman–Crippen MR) is 282 cm³/mol. The molecule has 0 spiro atoms. The molecule has 0 aromatic heterocycles. The van der Waals surface area contributed by atoms with E-state index in [4.69, 9.17) is 18.5 Å². The first-order valence-corrected chi connectivity index (χ1v) is 28.6. The van der Waals surface area contributed by atoms with Crippen molar-refractivity contribution in [3.63, 3.8) is 0 Å². The Balaban J connectivity index is 4.18. The molecule has 0 saturated heterocycles. The Labute approximate surface area is 412 Å². The summed E-state index contributed by atoms with van der Waals surface area (Å²) in [6, 6.07) is 0. The van der Waals surface area contributed by atoms with Crippen LogP contribution >= 0.6 is 7.82 Å². The highest BCUT2D eigenvalue weighted by molar-refractivity contribution is 7.45. The summed E-state index contributed by atoms with van der Waals surface area (Å²) >= 11 is 0. The Morgan fingerprint density at radius 1 is 0.478 bits per heavy atom. The van der Waals surface area contributed by atoms with Crippen molar-refractivity contribution in [2.75, 3.05) is 47.5 Å². The van der Waals surface area contributed by atoms with Crippen LogP contribution in [0.5, 0.6) is 0 Å². The van der Waals surface area contributed by atoms with E-state index in [-0.39, 0.29) is 26.1 Å². The summed E-state index contributed by atoms with van der Waals surface area (Å²) in [6.45, 7) is 4.10. The number of phosphoric ester groups is 1. The Bertz CT molecular complexity index is 1360. The highest BCUT2D eigenvalue weighted by atomic mass is 31.2. The fourth-order valence-corrected chi connectivity index (χ4v) is 7.99. The number of ether oxygens (including phenoxy) is 2. The third-order valence-corrected chi connectivity index (χ3v) is 12.4. The Morgan fingerprint density at radius 3 is 1.27 bits per heavy atom. The molecule has 388 valence electrons. The Morgan fingerprint density at radius 2 is 0.851 bits per heavy atom. The second-order valence-electron chi connectivity index (χ2n) is 19.2. The minimum atomic E-state index is -4.64. The highest BCUT2D eigenvalue weighted by Crippen LogP contribution is 2.38. The number of hydrogen-bond donors (Lipinski definition) is 0. The van der Waals surface area contributed by atoms with Gasteiger partial charge in [-0.1, -0.05) is 202 Å². The molecule has 0 aliphatic rings. The molecule has 9 nitrogen and oxygen atoms in total. The summed E-state index contributed by atoms with van der Waals surface area (Å²) in [7, 11) is 1.15. The van der Waals surface area contributed by atoms with E-state index in [1.165, 1.54) is 103 Å². The van der Waals surface area contributed by atoms with Gasteiger partial charge in [0.25, 0.3) is 7.82 Å². The van der Waals surface area contributed by atoms with E-state index in [2.05, 4.69) is 86.8 Å². The molecule has 0 aliphatic carbocycles. The van der Waals surface area contributed by atoms with Gasteiger partial charge in [0.2, 0.25) is 0 Å². The molecule has 0 radical (unpaired) electrons. The quantitative estimate of drug-likeness (QED) is 0.0195. The van der Waals surface area contributed by atoms with Crippen molar-refractivity contribution in [2.45, 2.75) is 232 Å². The average molecular weight is 960 g/mol. The van der Waals surface area contributed by atoms with E-state index in [0.717, 1.165) is 83.5 Å². The van der Waals surface area contributed by atoms with Gasteiger partial charge >= 0.3 is 11.9 Å². The number of unbranched alkanes of at least 4 members (excludes halogenated alkanes) is 23. The van der Waals surface area contributed by atoms with Crippen LogP contribution in [0.15, 0.2) is 72.9 Å². The van der Waals surface area contributed by atoms with Gasteiger partial charge in [-0.3, -0.25) is 14.2 Å². The van der Waals surface area contributed by atoms with Crippen molar-refractivity contribution in [1.82, 2.24) is 0 Å². The molecule has 2 atom stereocenters. The average Bonchev–Trinajstić information content (AvgIpc) is 3.29. The summed E-state index contributed by atoms with van der Waals surface area (Å²) < 4.78 is 34.1. The van der Waals surface area contributed by atoms with Crippen LogP contribution in [0.1, 0.15) is 226 Å². The molecule has 0 saturated carbocycles. The minimum Gasteiger partial charge on any atom is -0.756 e. The smallest absolute Gasteiger partial charge is 0.306 e. The highest BCUT2D eigenvalue weighted by Gasteiger charge is 2.21. The molecular formula is C57H102NO8P. The number of rotatable bonds is 49. The Kier molecular flexibility index (Phi) is 46.6. The summed E-state index contributed by atoms with van der Waals surface area (Å²) in [5.74, 6) is -0.849. The van der Waals surface area contributed by atoms with Gasteiger partial charge in [-0.2, -0.15) is 0 Å². The van der Waals surface area contributed by atoms with Crippen LogP contribution in [0.4, 0.5) is 0 Å². The van der Waals surface area contributed by atoms with Crippen molar-refractivity contribution < 1.29 is 42.1 Å². The maximum Gasteiger partial charge on any atom is 0.306 e. The standard InChI is InChI=1S/C57H102NO8P/c1-6-8-10-12-14-16-18-20-22-24-25-26-27-28-29-30-31-32-33-34-36-38-40-42-44-46-48-50-57(60)66-55(54-65-67(61,62)64-52-51-58(3,4)5)53-63-56(59)49-47-45-43-41-39-37-35-23-21-19-17-15-13-11-9-7-2/h8,10,14,16-17,19-20,22-23,25-26,35,55H,6-7,9,11-13,15,18,21,24,27-34,36-54H2,1-5H3/b10-8-,16-14-,19-17-,22-20-,26-25-,35-23-. The first kappa shape index (κ1) is 64.5. The van der Waals surface area contributed by atoms with Crippen molar-refractivity contribution in [1.29, 1.82) is 0 Å². The molecule has 0 aliphatic heterocycles. The molecule has 0 aromatic rings. The number of hydrogen-bond acceptors (Lipinski definition) is 8. The molecular weight excluding hydrogens is 858 g/mol. The fourth-order valence-electron chi connectivity index (χ4n) is 7.27. The zero-order valence-corrected chi connectivity index (χ0v) is 44.7. The summed E-state index contributed by atoms with van der Waals surface area (Å²) in [5, 5.41) is 0. The molecule has 0 fully saturated rings. The molecule has 10 heteroatoms. The van der Waals surface area contributed by atoms with Crippen molar-refractivity contribution in [2.24, 2.45) is 0 Å². The van der Waals surface area contributed by atoms with Crippen LogP contribution < -0.4 is 4.89 Å². The van der Waals surface area contributed by atoms with Gasteiger partial charge in [0.1, 0.15) is 19.8 Å². The molecule has 0 aromatic carbocycles. The van der Waals surface area contributed by atoms with Gasteiger partial charge in [-0.25, -0.2) is 0 Å². The summed E-state index contributed by atoms with van der Waals surface area (Å²) in [4.78, 5) is 37.8. The van der Waals surface area contributed by atoms with E-state index in [1.807, 2.05) is 21.1 Å². The number of allylic oxidation sites excluding steroid dienone is 12. The lowest BCUT2D eigenvalue weighted by Gasteiger charge is -2.28. The van der Waals surface area contributed by atoms with Gasteiger partial charge < -0.3 is 27.9 Å². The van der Waals surface area contributed by atoms with Crippen molar-refractivity contribution in [3.8, 4) is 0 Å². The zero-order chi connectivity index (χ0) is 49.2. The first-order chi connectivity index (χ1) is 32.5. The predicted octanol–water partition coefficient (Wildman–Crippen LogP) is 15.9. The van der Waals surface area contributed by atoms with E-state index in [1.54, 1.807) is 0 Å². The maximum absolute atomic E-state index is 12.8. The largest absolute Gasteiger partial charge is 0.756 e. The normalized spacial score (nSPS) is 13.9. The topological polar surface area (TPSA) is 111 Å². The van der Waals surface area contributed by atoms with Crippen LogP contribution in [-0.2, 0) is 32.7 Å². The van der Waals surface area contributed by atoms with Crippen LogP contribution in [0.2, 0.25) is 0 Å². The number of nitrogens with zero attached hydrogens (tertiary/aromatic N) is 1. The van der Waals surface area contributed by atoms with E-state index in [9.17, 15) is 19.0 Å². The number of esters is 2. The van der Waals surface area contributed by atoms with Crippen molar-refractivity contribution in [3.05, 3.63) is 72.9 Å². The molecule has 0 N–H and O–H groups in total. The second-order valence-corrected chi connectivity index (χ2v) is 20.6. The van der Waals surface area contributed by atoms with Crippen LogP contribution in [0.3, 0.4) is 0 Å². The number of quaternary nitrogens is 1. The summed E-state index contributed by atoms with van der Waals surface area (Å²) in [5.41, 5.74) is 0. The molecule has 67 heavy (non-hydrogen) atoms. The van der Waals surface area contributed by atoms with Gasteiger partial charge in [-0.05, 0) is 83.5 Å². The Hall–Kier alpha value is -2.55. The molecule has 0 bridgehead atoms. The number of phosphoric acid groups is 1. The monoisotopic (exact) mass is 960 g/mol. The SMILES string of the molecule is CC/C=C\C/C=C\C/C=C\C/C=C\CCCCCCCCCCCCCCCCC(=O)OC(COC(=O)CCCCCCC/C=C\C/C=C\CCCCCC)COP(=O)([O-])OCC[N+](C)(C)C. The van der Waals surface area contributed by atoms with Gasteiger partial charge in [-0.15, -0.1) is 0 Å². The van der Waals surface area contributed by atoms with Gasteiger partial charge in [0.05, 0.1) is 27.7 Å². The van der Waals surface area contributed by atoms with Gasteiger partial charge in [0, 0.05) is 12.8 Å². The molecule has 0 rings (SSSR count). The third-order valence-electron chi connectivity index (χ3n) is 11.5. The van der Waals surface area contributed by atoms with E-state index in [0.29, 0.717) is 23.9 Å². The summed E-state index contributed by atoms with van der Waals surface area (Å²) in [6.07, 6.45) is 62.2. The zero-order valence-electron chi connectivity index (χ0n) is 43.8. The van der Waals surface area contributed by atoms with Crippen LogP contribution in [0.25, 0.3) is 0 Å². The van der Waals surface area contributed by atoms with Crippen LogP contribution in [-0.4, -0.2) is 70.0 Å². The number of carbonyl (C=O) groups is 2. The minimum absolute atomic E-state index is 0.0354. The molecule has 0 amide bonds. The fraction of sp³-hybridized carbons (Fsp3) is 0.754. The lowest BCUT2D eigenvalue weighted by molar-refractivity contribution is -0.870. The molecule has 0 heterocycles. The maximum atomic E-state index is 12.8. The molecule has 2 unspecified atom stereocenters. The van der Waals surface area contributed by atoms with Crippen molar-refractivity contribution >= 4 is 19.8 Å². The second kappa shape index (κ2) is 48.5. The number of carbonyl (C=O) groups excluding carboxylic acids is 2. The van der Waals surface area contributed by atoms with Gasteiger partial charge in [0.15, 0.2) is 6.10 Å². The lowest BCUT2D eigenvalue weighted by Crippen LogP contribution is -2.37. The third kappa shape index (κ3) is 52.7.